The molecule has 0 atom stereocenters. The second-order valence-corrected chi connectivity index (χ2v) is 6.27. The van der Waals surface area contributed by atoms with Crippen LogP contribution in [0.15, 0.2) is 52.3 Å². The highest BCUT2D eigenvalue weighted by Gasteiger charge is 2.14. The molecule has 2 N–H and O–H groups in total. The lowest BCUT2D eigenvalue weighted by molar-refractivity contribution is 0.432. The first-order valence-electron chi connectivity index (χ1n) is 7.52. The first-order chi connectivity index (χ1) is 12.4. The molecule has 0 saturated heterocycles. The van der Waals surface area contributed by atoms with Crippen molar-refractivity contribution in [3.05, 3.63) is 79.6 Å². The Morgan fingerprint density at radius 3 is 2.73 bits per heavy atom. The standard InChI is InChI=1S/C18H13ClFN3O2S/c1-10-4-2-3-5-15(10)21-9-12-16(24)22-18(26)23(17(12)25)11-6-7-14(20)13(19)8-11/h2-9,25H,1H3,(H,22,24,26). The number of aromatic hydroxyl groups is 1. The first kappa shape index (κ1) is 18.0. The van der Waals surface area contributed by atoms with Crippen molar-refractivity contribution in [2.75, 3.05) is 0 Å². The predicted octanol–water partition coefficient (Wildman–Crippen LogP) is 4.45. The Morgan fingerprint density at radius 1 is 1.31 bits per heavy atom. The molecule has 132 valence electrons. The van der Waals surface area contributed by atoms with E-state index >= 15 is 0 Å². The molecule has 0 amide bonds. The lowest BCUT2D eigenvalue weighted by Crippen LogP contribution is -2.18. The average Bonchev–Trinajstić information content (AvgIpc) is 2.59. The summed E-state index contributed by atoms with van der Waals surface area (Å²) in [5, 5.41) is 10.4. The summed E-state index contributed by atoms with van der Waals surface area (Å²) in [4.78, 5) is 18.9. The van der Waals surface area contributed by atoms with Crippen molar-refractivity contribution in [2.24, 2.45) is 4.99 Å². The molecular formula is C18H13ClFN3O2S. The molecule has 5 nitrogen and oxygen atoms in total. The van der Waals surface area contributed by atoms with Gasteiger partial charge < -0.3 is 5.11 Å². The molecule has 0 saturated carbocycles. The molecule has 1 heterocycles. The number of hydrogen-bond donors (Lipinski definition) is 2. The Morgan fingerprint density at radius 2 is 2.04 bits per heavy atom. The number of benzene rings is 2. The number of aliphatic imine (C=N–C) groups is 1. The molecule has 0 aliphatic heterocycles. The van der Waals surface area contributed by atoms with Crippen LogP contribution in [-0.4, -0.2) is 20.9 Å². The fraction of sp³-hybridized carbons (Fsp3) is 0.0556. The summed E-state index contributed by atoms with van der Waals surface area (Å²) >= 11 is 10.9. The molecule has 1 aromatic heterocycles. The predicted molar refractivity (Wildman–Crippen MR) is 102 cm³/mol. The molecule has 0 spiro atoms. The fourth-order valence-corrected chi connectivity index (χ4v) is 2.82. The number of para-hydroxylation sites is 1. The van der Waals surface area contributed by atoms with Gasteiger partial charge in [-0.05, 0) is 49.0 Å². The minimum absolute atomic E-state index is 0.0526. The number of H-pyrrole nitrogens is 1. The largest absolute Gasteiger partial charge is 0.494 e. The third-order valence-corrected chi connectivity index (χ3v) is 4.30. The number of aromatic nitrogens is 2. The van der Waals surface area contributed by atoms with Gasteiger partial charge in [0.15, 0.2) is 4.77 Å². The quantitative estimate of drug-likeness (QED) is 0.513. The molecule has 0 fully saturated rings. The first-order valence-corrected chi connectivity index (χ1v) is 8.30. The highest BCUT2D eigenvalue weighted by Crippen LogP contribution is 2.24. The zero-order valence-corrected chi connectivity index (χ0v) is 15.1. The van der Waals surface area contributed by atoms with Crippen LogP contribution >= 0.6 is 23.8 Å². The number of hydrogen-bond acceptors (Lipinski definition) is 4. The van der Waals surface area contributed by atoms with Crippen LogP contribution in [0.2, 0.25) is 5.02 Å². The van der Waals surface area contributed by atoms with Gasteiger partial charge in [-0.3, -0.25) is 19.3 Å². The lowest BCUT2D eigenvalue weighted by Gasteiger charge is -2.11. The van der Waals surface area contributed by atoms with Gasteiger partial charge in [0, 0.05) is 6.21 Å². The van der Waals surface area contributed by atoms with Crippen LogP contribution < -0.4 is 5.56 Å². The van der Waals surface area contributed by atoms with Crippen LogP contribution in [0.3, 0.4) is 0 Å². The number of nitrogens with zero attached hydrogens (tertiary/aromatic N) is 2. The number of aromatic amines is 1. The highest BCUT2D eigenvalue weighted by atomic mass is 35.5. The molecule has 0 bridgehead atoms. The van der Waals surface area contributed by atoms with E-state index < -0.39 is 17.3 Å². The van der Waals surface area contributed by atoms with Gasteiger partial charge in [-0.2, -0.15) is 0 Å². The summed E-state index contributed by atoms with van der Waals surface area (Å²) in [5.74, 6) is -1.02. The average molecular weight is 390 g/mol. The van der Waals surface area contributed by atoms with Gasteiger partial charge in [-0.15, -0.1) is 0 Å². The Labute approximate surface area is 158 Å². The van der Waals surface area contributed by atoms with Crippen LogP contribution in [0.1, 0.15) is 11.1 Å². The van der Waals surface area contributed by atoms with Gasteiger partial charge in [0.1, 0.15) is 11.4 Å². The van der Waals surface area contributed by atoms with Crippen LogP contribution in [0, 0.1) is 17.5 Å². The molecule has 26 heavy (non-hydrogen) atoms. The van der Waals surface area contributed by atoms with E-state index in [-0.39, 0.29) is 15.4 Å². The van der Waals surface area contributed by atoms with Gasteiger partial charge >= 0.3 is 0 Å². The Hall–Kier alpha value is -2.77. The number of rotatable bonds is 3. The smallest absolute Gasteiger partial charge is 0.264 e. The van der Waals surface area contributed by atoms with Crippen molar-refractivity contribution < 1.29 is 9.50 Å². The van der Waals surface area contributed by atoms with Crippen molar-refractivity contribution in [3.8, 4) is 11.6 Å². The summed E-state index contributed by atoms with van der Waals surface area (Å²) in [7, 11) is 0. The summed E-state index contributed by atoms with van der Waals surface area (Å²) in [6.07, 6.45) is 1.26. The Balaban J connectivity index is 2.16. The van der Waals surface area contributed by atoms with Gasteiger partial charge in [-0.1, -0.05) is 29.8 Å². The van der Waals surface area contributed by atoms with E-state index in [0.717, 1.165) is 11.6 Å². The summed E-state index contributed by atoms with van der Waals surface area (Å²) in [5.41, 5.74) is 1.21. The molecular weight excluding hydrogens is 377 g/mol. The van der Waals surface area contributed by atoms with E-state index in [1.165, 1.54) is 22.9 Å². The minimum atomic E-state index is -0.604. The van der Waals surface area contributed by atoms with Gasteiger partial charge in [0.25, 0.3) is 5.56 Å². The van der Waals surface area contributed by atoms with Crippen LogP contribution in [0.4, 0.5) is 10.1 Å². The van der Waals surface area contributed by atoms with E-state index in [4.69, 9.17) is 23.8 Å². The Bertz CT molecular complexity index is 1140. The molecule has 0 aliphatic carbocycles. The second kappa shape index (κ2) is 7.23. The molecule has 0 radical (unpaired) electrons. The molecule has 0 aliphatic rings. The monoisotopic (exact) mass is 389 g/mol. The van der Waals surface area contributed by atoms with E-state index in [0.29, 0.717) is 11.4 Å². The number of halogens is 2. The molecule has 3 aromatic rings. The topological polar surface area (TPSA) is 70.4 Å². The SMILES string of the molecule is Cc1ccccc1N=Cc1c(O)n(-c2ccc(F)c(Cl)c2)c(=S)[nH]c1=O. The van der Waals surface area contributed by atoms with Gasteiger partial charge in [0.2, 0.25) is 5.88 Å². The molecule has 3 rings (SSSR count). The van der Waals surface area contributed by atoms with E-state index in [1.807, 2.05) is 25.1 Å². The summed E-state index contributed by atoms with van der Waals surface area (Å²) in [6.45, 7) is 1.88. The second-order valence-electron chi connectivity index (χ2n) is 5.48. The van der Waals surface area contributed by atoms with Crippen LogP contribution in [-0.2, 0) is 0 Å². The maximum atomic E-state index is 13.4. The fourth-order valence-electron chi connectivity index (χ4n) is 2.36. The maximum absolute atomic E-state index is 13.4. The maximum Gasteiger partial charge on any atom is 0.264 e. The molecule has 8 heteroatoms. The van der Waals surface area contributed by atoms with Gasteiger partial charge in [0.05, 0.1) is 16.4 Å². The van der Waals surface area contributed by atoms with E-state index in [1.54, 1.807) is 6.07 Å². The normalized spacial score (nSPS) is 11.2. The zero-order chi connectivity index (χ0) is 18.8. The third-order valence-electron chi connectivity index (χ3n) is 3.73. The van der Waals surface area contributed by atoms with E-state index in [2.05, 4.69) is 9.98 Å². The van der Waals surface area contributed by atoms with Crippen molar-refractivity contribution in [2.45, 2.75) is 6.92 Å². The summed E-state index contributed by atoms with van der Waals surface area (Å²) < 4.78 is 14.5. The van der Waals surface area contributed by atoms with Gasteiger partial charge in [-0.25, -0.2) is 4.39 Å². The highest BCUT2D eigenvalue weighted by molar-refractivity contribution is 7.71. The zero-order valence-electron chi connectivity index (χ0n) is 13.5. The van der Waals surface area contributed by atoms with Crippen molar-refractivity contribution in [1.82, 2.24) is 9.55 Å². The third kappa shape index (κ3) is 3.44. The van der Waals surface area contributed by atoms with Crippen LogP contribution in [0.25, 0.3) is 5.69 Å². The van der Waals surface area contributed by atoms with Crippen molar-refractivity contribution in [1.29, 1.82) is 0 Å². The summed E-state index contributed by atoms with van der Waals surface area (Å²) in [6, 6.07) is 11.2. The Kier molecular flexibility index (Phi) is 5.01. The van der Waals surface area contributed by atoms with Crippen molar-refractivity contribution >= 4 is 35.7 Å². The number of aryl methyl sites for hydroxylation is 1. The lowest BCUT2D eigenvalue weighted by atomic mass is 10.2. The molecule has 0 unspecified atom stereocenters. The number of nitrogens with one attached hydrogen (secondary N) is 1. The minimum Gasteiger partial charge on any atom is -0.494 e. The van der Waals surface area contributed by atoms with Crippen LogP contribution in [0.5, 0.6) is 5.88 Å². The van der Waals surface area contributed by atoms with E-state index in [9.17, 15) is 14.3 Å². The van der Waals surface area contributed by atoms with Crippen molar-refractivity contribution in [3.63, 3.8) is 0 Å². The molecule has 2 aromatic carbocycles.